The highest BCUT2D eigenvalue weighted by Gasteiger charge is 2.34. The maximum absolute atomic E-state index is 6.13. The predicted molar refractivity (Wildman–Crippen MR) is 85.4 cm³/mol. The molecule has 2 atom stereocenters. The van der Waals surface area contributed by atoms with Gasteiger partial charge in [-0.05, 0) is 49.6 Å². The van der Waals surface area contributed by atoms with Gasteiger partial charge in [-0.25, -0.2) is 0 Å². The number of rotatable bonds is 5. The van der Waals surface area contributed by atoms with Gasteiger partial charge in [-0.3, -0.25) is 0 Å². The van der Waals surface area contributed by atoms with Crippen LogP contribution in [0.5, 0.6) is 5.75 Å². The summed E-state index contributed by atoms with van der Waals surface area (Å²) in [5.74, 6) is 1.71. The van der Waals surface area contributed by atoms with Gasteiger partial charge in [0.05, 0.1) is 7.11 Å². The number of benzene rings is 1. The molecule has 0 heterocycles. The molecular formula is C17H28N2O. The summed E-state index contributed by atoms with van der Waals surface area (Å²) in [4.78, 5) is 2.34. The van der Waals surface area contributed by atoms with Crippen LogP contribution in [0.4, 0.5) is 5.69 Å². The highest BCUT2D eigenvalue weighted by molar-refractivity contribution is 5.48. The van der Waals surface area contributed by atoms with Gasteiger partial charge in [-0.1, -0.05) is 19.8 Å². The van der Waals surface area contributed by atoms with Crippen LogP contribution in [0.3, 0.4) is 0 Å². The van der Waals surface area contributed by atoms with E-state index in [0.717, 1.165) is 24.8 Å². The van der Waals surface area contributed by atoms with Gasteiger partial charge in [-0.2, -0.15) is 0 Å². The van der Waals surface area contributed by atoms with E-state index in [0.29, 0.717) is 0 Å². The van der Waals surface area contributed by atoms with Crippen LogP contribution in [-0.4, -0.2) is 27.2 Å². The predicted octanol–water partition coefficient (Wildman–Crippen LogP) is 3.29. The van der Waals surface area contributed by atoms with Crippen molar-refractivity contribution in [3.63, 3.8) is 0 Å². The molecule has 0 bridgehead atoms. The zero-order valence-electron chi connectivity index (χ0n) is 13.1. The molecule has 1 aromatic carbocycles. The van der Waals surface area contributed by atoms with Gasteiger partial charge in [0.2, 0.25) is 0 Å². The summed E-state index contributed by atoms with van der Waals surface area (Å²) in [5, 5.41) is 0. The lowest BCUT2D eigenvalue weighted by Crippen LogP contribution is -2.44. The van der Waals surface area contributed by atoms with Crippen LogP contribution in [0.1, 0.15) is 32.6 Å². The van der Waals surface area contributed by atoms with E-state index in [9.17, 15) is 0 Å². The summed E-state index contributed by atoms with van der Waals surface area (Å²) < 4.78 is 5.22. The molecule has 0 amide bonds. The molecule has 2 unspecified atom stereocenters. The van der Waals surface area contributed by atoms with Crippen molar-refractivity contribution in [1.29, 1.82) is 0 Å². The van der Waals surface area contributed by atoms with E-state index < -0.39 is 0 Å². The lowest BCUT2D eigenvalue weighted by molar-refractivity contribution is 0.161. The molecule has 0 spiro atoms. The minimum absolute atomic E-state index is 0.284. The largest absolute Gasteiger partial charge is 0.497 e. The van der Waals surface area contributed by atoms with Gasteiger partial charge < -0.3 is 15.4 Å². The average Bonchev–Trinajstić information content (AvgIpc) is 2.47. The van der Waals surface area contributed by atoms with Gasteiger partial charge in [0.25, 0.3) is 0 Å². The average molecular weight is 276 g/mol. The molecule has 0 radical (unpaired) electrons. The zero-order chi connectivity index (χ0) is 14.6. The maximum atomic E-state index is 6.13. The fourth-order valence-corrected chi connectivity index (χ4v) is 3.59. The van der Waals surface area contributed by atoms with Crippen molar-refractivity contribution in [3.8, 4) is 5.75 Å². The van der Waals surface area contributed by atoms with Crippen molar-refractivity contribution in [2.45, 2.75) is 32.6 Å². The minimum atomic E-state index is 0.284. The van der Waals surface area contributed by atoms with E-state index in [4.69, 9.17) is 10.5 Å². The number of hydrogen-bond donors (Lipinski definition) is 1. The molecular weight excluding hydrogens is 248 g/mol. The van der Waals surface area contributed by atoms with E-state index in [2.05, 4.69) is 31.0 Å². The number of anilines is 1. The SMILES string of the molecule is COc1ccc(N(C)CC2(CN)CCCC(C)C2)cc1. The fourth-order valence-electron chi connectivity index (χ4n) is 3.59. The Bertz CT molecular complexity index is 418. The van der Waals surface area contributed by atoms with Crippen LogP contribution in [0.2, 0.25) is 0 Å². The van der Waals surface area contributed by atoms with Crippen molar-refractivity contribution >= 4 is 5.69 Å². The molecule has 1 saturated carbocycles. The van der Waals surface area contributed by atoms with Gasteiger partial charge in [0.15, 0.2) is 0 Å². The molecule has 0 aromatic heterocycles. The first-order chi connectivity index (χ1) is 9.58. The topological polar surface area (TPSA) is 38.5 Å². The number of methoxy groups -OCH3 is 1. The van der Waals surface area contributed by atoms with Crippen LogP contribution in [-0.2, 0) is 0 Å². The van der Waals surface area contributed by atoms with Crippen molar-refractivity contribution < 1.29 is 4.74 Å². The highest BCUT2D eigenvalue weighted by Crippen LogP contribution is 2.39. The summed E-state index contributed by atoms with van der Waals surface area (Å²) in [7, 11) is 3.87. The van der Waals surface area contributed by atoms with Gasteiger partial charge in [0, 0.05) is 24.7 Å². The van der Waals surface area contributed by atoms with Gasteiger partial charge in [-0.15, -0.1) is 0 Å². The molecule has 3 nitrogen and oxygen atoms in total. The molecule has 0 aliphatic heterocycles. The third kappa shape index (κ3) is 3.45. The molecule has 1 aliphatic carbocycles. The molecule has 20 heavy (non-hydrogen) atoms. The standard InChI is InChI=1S/C17H28N2O/c1-14-5-4-10-17(11-14,12-18)13-19(2)15-6-8-16(20-3)9-7-15/h6-9,14H,4-5,10-13,18H2,1-3H3. The summed E-state index contributed by atoms with van der Waals surface area (Å²) in [5.41, 5.74) is 7.64. The summed E-state index contributed by atoms with van der Waals surface area (Å²) in [6.07, 6.45) is 5.18. The first-order valence-corrected chi connectivity index (χ1v) is 7.64. The molecule has 112 valence electrons. The Balaban J connectivity index is 2.05. The first kappa shape index (κ1) is 15.2. The highest BCUT2D eigenvalue weighted by atomic mass is 16.5. The summed E-state index contributed by atoms with van der Waals surface area (Å²) >= 11 is 0. The fraction of sp³-hybridized carbons (Fsp3) is 0.647. The molecule has 0 saturated heterocycles. The monoisotopic (exact) mass is 276 g/mol. The van der Waals surface area contributed by atoms with Crippen LogP contribution >= 0.6 is 0 Å². The first-order valence-electron chi connectivity index (χ1n) is 7.64. The third-order valence-electron chi connectivity index (χ3n) is 4.70. The number of nitrogens with two attached hydrogens (primary N) is 1. The molecule has 1 fully saturated rings. The quantitative estimate of drug-likeness (QED) is 0.897. The smallest absolute Gasteiger partial charge is 0.119 e. The van der Waals surface area contributed by atoms with Crippen molar-refractivity contribution in [2.24, 2.45) is 17.1 Å². The molecule has 3 heteroatoms. The van der Waals surface area contributed by atoms with Crippen molar-refractivity contribution in [2.75, 3.05) is 32.1 Å². The Morgan fingerprint density at radius 1 is 1.35 bits per heavy atom. The molecule has 2 rings (SSSR count). The summed E-state index contributed by atoms with van der Waals surface area (Å²) in [6, 6.07) is 8.28. The Labute approximate surface area is 123 Å². The van der Waals surface area contributed by atoms with Crippen molar-refractivity contribution in [1.82, 2.24) is 0 Å². The second-order valence-corrected chi connectivity index (χ2v) is 6.46. The van der Waals surface area contributed by atoms with Crippen LogP contribution < -0.4 is 15.4 Å². The van der Waals surface area contributed by atoms with E-state index in [1.165, 1.54) is 31.4 Å². The molecule has 1 aromatic rings. The minimum Gasteiger partial charge on any atom is -0.497 e. The van der Waals surface area contributed by atoms with Crippen molar-refractivity contribution in [3.05, 3.63) is 24.3 Å². The number of hydrogen-bond acceptors (Lipinski definition) is 3. The number of ether oxygens (including phenoxy) is 1. The van der Waals surface area contributed by atoms with E-state index in [1.807, 2.05) is 12.1 Å². The van der Waals surface area contributed by atoms with Crippen LogP contribution in [0.15, 0.2) is 24.3 Å². The molecule has 2 N–H and O–H groups in total. The number of nitrogens with zero attached hydrogens (tertiary/aromatic N) is 1. The molecule has 1 aliphatic rings. The van der Waals surface area contributed by atoms with Crippen LogP contribution in [0.25, 0.3) is 0 Å². The Morgan fingerprint density at radius 2 is 2.05 bits per heavy atom. The lowest BCUT2D eigenvalue weighted by atomic mass is 9.70. The Hall–Kier alpha value is -1.22. The summed E-state index contributed by atoms with van der Waals surface area (Å²) in [6.45, 7) is 4.19. The second-order valence-electron chi connectivity index (χ2n) is 6.46. The van der Waals surface area contributed by atoms with Crippen LogP contribution in [0, 0.1) is 11.3 Å². The second kappa shape index (κ2) is 6.49. The zero-order valence-corrected chi connectivity index (χ0v) is 13.1. The Morgan fingerprint density at radius 3 is 2.60 bits per heavy atom. The van der Waals surface area contributed by atoms with Gasteiger partial charge >= 0.3 is 0 Å². The maximum Gasteiger partial charge on any atom is 0.119 e. The van der Waals surface area contributed by atoms with E-state index >= 15 is 0 Å². The van der Waals surface area contributed by atoms with E-state index in [1.54, 1.807) is 7.11 Å². The third-order valence-corrected chi connectivity index (χ3v) is 4.70. The van der Waals surface area contributed by atoms with Gasteiger partial charge in [0.1, 0.15) is 5.75 Å². The Kier molecular flexibility index (Phi) is 4.92. The lowest BCUT2D eigenvalue weighted by Gasteiger charge is -2.42. The normalized spacial score (nSPS) is 26.3. The van der Waals surface area contributed by atoms with E-state index in [-0.39, 0.29) is 5.41 Å².